The summed E-state index contributed by atoms with van der Waals surface area (Å²) in [6.07, 6.45) is 0. The summed E-state index contributed by atoms with van der Waals surface area (Å²) in [6.45, 7) is 0.181. The summed E-state index contributed by atoms with van der Waals surface area (Å²) in [4.78, 5) is 23.7. The number of rotatable bonds is 3. The molecule has 0 aliphatic heterocycles. The van der Waals surface area contributed by atoms with E-state index in [2.05, 4.69) is 0 Å². The van der Waals surface area contributed by atoms with Gasteiger partial charge >= 0.3 is 5.97 Å². The zero-order valence-electron chi connectivity index (χ0n) is 11.5. The van der Waals surface area contributed by atoms with Crippen LogP contribution in [-0.2, 0) is 6.54 Å². The first-order valence-corrected chi connectivity index (χ1v) is 6.66. The van der Waals surface area contributed by atoms with Crippen LogP contribution >= 0.6 is 0 Å². The number of benzene rings is 2. The van der Waals surface area contributed by atoms with Crippen molar-refractivity contribution in [2.45, 2.75) is 6.54 Å². The van der Waals surface area contributed by atoms with Crippen molar-refractivity contribution < 1.29 is 14.3 Å². The van der Waals surface area contributed by atoms with Gasteiger partial charge in [0.05, 0.1) is 12.1 Å². The van der Waals surface area contributed by atoms with E-state index in [1.807, 2.05) is 0 Å². The second-order valence-corrected chi connectivity index (χ2v) is 4.94. The van der Waals surface area contributed by atoms with Crippen LogP contribution in [0.15, 0.2) is 59.4 Å². The molecule has 0 bridgehead atoms. The Balaban J connectivity index is 2.22. The van der Waals surface area contributed by atoms with E-state index in [-0.39, 0.29) is 17.9 Å². The number of nitrogens with zero attached hydrogens (tertiary/aromatic N) is 1. The average Bonchev–Trinajstić information content (AvgIpc) is 2.51. The summed E-state index contributed by atoms with van der Waals surface area (Å²) in [5.41, 5.74) is 0.509. The van der Waals surface area contributed by atoms with E-state index in [0.29, 0.717) is 10.9 Å². The summed E-state index contributed by atoms with van der Waals surface area (Å²) in [5.74, 6) is -1.62. The number of carbonyl (C=O) groups is 1. The lowest BCUT2D eigenvalue weighted by Crippen LogP contribution is -2.27. The largest absolute Gasteiger partial charge is 0.477 e. The number of fused-ring (bicyclic) bond motifs is 1. The summed E-state index contributed by atoms with van der Waals surface area (Å²) in [6, 6.07) is 14.2. The van der Waals surface area contributed by atoms with Gasteiger partial charge in [-0.25, -0.2) is 9.18 Å². The molecular weight excluding hydrogens is 285 g/mol. The number of pyridine rings is 1. The molecule has 3 rings (SSSR count). The van der Waals surface area contributed by atoms with Crippen LogP contribution in [-0.4, -0.2) is 15.6 Å². The van der Waals surface area contributed by atoms with Gasteiger partial charge < -0.3 is 9.67 Å². The van der Waals surface area contributed by atoms with E-state index in [9.17, 15) is 19.1 Å². The Labute approximate surface area is 125 Å². The molecule has 5 heteroatoms. The topological polar surface area (TPSA) is 59.3 Å². The maximum Gasteiger partial charge on any atom is 0.341 e. The van der Waals surface area contributed by atoms with Crippen LogP contribution in [0, 0.1) is 5.82 Å². The monoisotopic (exact) mass is 297 g/mol. The average molecular weight is 297 g/mol. The van der Waals surface area contributed by atoms with Gasteiger partial charge in [-0.15, -0.1) is 0 Å². The van der Waals surface area contributed by atoms with Gasteiger partial charge in [0.25, 0.3) is 5.56 Å². The Kier molecular flexibility index (Phi) is 3.47. The fraction of sp³-hybridized carbons (Fsp3) is 0.0588. The predicted octanol–water partition coefficient (Wildman–Crippen LogP) is 2.89. The van der Waals surface area contributed by atoms with Crippen LogP contribution in [0.2, 0.25) is 0 Å². The second-order valence-electron chi connectivity index (χ2n) is 4.94. The highest BCUT2D eigenvalue weighted by molar-refractivity contribution is 5.92. The number of aromatic carboxylic acids is 1. The maximum atomic E-state index is 13.0. The Morgan fingerprint density at radius 3 is 2.45 bits per heavy atom. The van der Waals surface area contributed by atoms with Crippen molar-refractivity contribution in [2.24, 2.45) is 0 Å². The molecular formula is C17H12FNO3. The van der Waals surface area contributed by atoms with Crippen molar-refractivity contribution in [3.63, 3.8) is 0 Å². The Morgan fingerprint density at radius 1 is 1.09 bits per heavy atom. The molecule has 3 aromatic rings. The van der Waals surface area contributed by atoms with Gasteiger partial charge in [0.1, 0.15) is 11.4 Å². The van der Waals surface area contributed by atoms with Crippen molar-refractivity contribution in [2.75, 3.05) is 0 Å². The Morgan fingerprint density at radius 2 is 1.77 bits per heavy atom. The van der Waals surface area contributed by atoms with E-state index in [4.69, 9.17) is 0 Å². The normalized spacial score (nSPS) is 10.8. The van der Waals surface area contributed by atoms with Crippen LogP contribution in [0.4, 0.5) is 4.39 Å². The van der Waals surface area contributed by atoms with E-state index in [1.165, 1.54) is 22.8 Å². The molecule has 22 heavy (non-hydrogen) atoms. The van der Waals surface area contributed by atoms with Gasteiger partial charge in [0.15, 0.2) is 0 Å². The van der Waals surface area contributed by atoms with Crippen LogP contribution in [0.5, 0.6) is 0 Å². The first-order chi connectivity index (χ1) is 10.6. The highest BCUT2D eigenvalue weighted by Crippen LogP contribution is 2.15. The molecule has 0 atom stereocenters. The second kappa shape index (κ2) is 5.44. The van der Waals surface area contributed by atoms with Gasteiger partial charge in [-0.05, 0) is 35.2 Å². The standard InChI is InChI=1S/C17H12FNO3/c18-13-7-5-11(6-8-13)10-19-15-4-2-1-3-12(15)9-14(16(19)20)17(21)22/h1-9H,10H2,(H,21,22). The quantitative estimate of drug-likeness (QED) is 0.808. The molecule has 0 saturated carbocycles. The third-order valence-electron chi connectivity index (χ3n) is 3.49. The van der Waals surface area contributed by atoms with Gasteiger partial charge in [-0.1, -0.05) is 30.3 Å². The zero-order valence-corrected chi connectivity index (χ0v) is 11.5. The maximum absolute atomic E-state index is 13.0. The highest BCUT2D eigenvalue weighted by Gasteiger charge is 2.14. The van der Waals surface area contributed by atoms with E-state index >= 15 is 0 Å². The molecule has 0 fully saturated rings. The molecule has 0 spiro atoms. The van der Waals surface area contributed by atoms with Crippen LogP contribution < -0.4 is 5.56 Å². The van der Waals surface area contributed by atoms with Crippen molar-refractivity contribution >= 4 is 16.9 Å². The molecule has 1 aromatic heterocycles. The van der Waals surface area contributed by atoms with Gasteiger partial charge in [-0.3, -0.25) is 4.79 Å². The number of carboxylic acids is 1. The van der Waals surface area contributed by atoms with Gasteiger partial charge in [0.2, 0.25) is 0 Å². The first kappa shape index (κ1) is 14.0. The lowest BCUT2D eigenvalue weighted by molar-refractivity contribution is 0.0694. The summed E-state index contributed by atoms with van der Waals surface area (Å²) < 4.78 is 14.4. The van der Waals surface area contributed by atoms with Crippen LogP contribution in [0.3, 0.4) is 0 Å². The minimum Gasteiger partial charge on any atom is -0.477 e. The molecule has 0 radical (unpaired) electrons. The zero-order chi connectivity index (χ0) is 15.7. The smallest absolute Gasteiger partial charge is 0.341 e. The van der Waals surface area contributed by atoms with Crippen molar-refractivity contribution in [3.05, 3.63) is 81.9 Å². The minimum atomic E-state index is -1.26. The lowest BCUT2D eigenvalue weighted by Gasteiger charge is -2.11. The molecule has 1 N–H and O–H groups in total. The van der Waals surface area contributed by atoms with Crippen molar-refractivity contribution in [1.29, 1.82) is 0 Å². The minimum absolute atomic E-state index is 0.181. The van der Waals surface area contributed by atoms with E-state index in [1.54, 1.807) is 36.4 Å². The van der Waals surface area contributed by atoms with Gasteiger partial charge in [0, 0.05) is 0 Å². The van der Waals surface area contributed by atoms with E-state index < -0.39 is 11.5 Å². The van der Waals surface area contributed by atoms with Crippen molar-refractivity contribution in [3.8, 4) is 0 Å². The summed E-state index contributed by atoms with van der Waals surface area (Å²) >= 11 is 0. The number of carboxylic acid groups (broad SMARTS) is 1. The first-order valence-electron chi connectivity index (χ1n) is 6.66. The number of aromatic nitrogens is 1. The fourth-order valence-corrected chi connectivity index (χ4v) is 2.41. The molecule has 2 aromatic carbocycles. The third kappa shape index (κ3) is 2.48. The highest BCUT2D eigenvalue weighted by atomic mass is 19.1. The molecule has 0 aliphatic rings. The molecule has 0 amide bonds. The molecule has 0 aliphatic carbocycles. The number of halogens is 1. The predicted molar refractivity (Wildman–Crippen MR) is 80.7 cm³/mol. The summed E-state index contributed by atoms with van der Waals surface area (Å²) in [5, 5.41) is 9.86. The fourth-order valence-electron chi connectivity index (χ4n) is 2.41. The Bertz CT molecular complexity index is 913. The molecule has 0 unspecified atom stereocenters. The number of hydrogen-bond donors (Lipinski definition) is 1. The molecule has 0 saturated heterocycles. The lowest BCUT2D eigenvalue weighted by atomic mass is 10.1. The number of hydrogen-bond acceptors (Lipinski definition) is 2. The van der Waals surface area contributed by atoms with Crippen LogP contribution in [0.1, 0.15) is 15.9 Å². The SMILES string of the molecule is O=C(O)c1cc2ccccc2n(Cc2ccc(F)cc2)c1=O. The molecule has 110 valence electrons. The van der Waals surface area contributed by atoms with Crippen LogP contribution in [0.25, 0.3) is 10.9 Å². The number of para-hydroxylation sites is 1. The molecule has 1 heterocycles. The Hall–Kier alpha value is -2.95. The summed E-state index contributed by atoms with van der Waals surface area (Å²) in [7, 11) is 0. The van der Waals surface area contributed by atoms with E-state index in [0.717, 1.165) is 5.56 Å². The molecule has 4 nitrogen and oxygen atoms in total. The van der Waals surface area contributed by atoms with Gasteiger partial charge in [-0.2, -0.15) is 0 Å². The van der Waals surface area contributed by atoms with Crippen molar-refractivity contribution in [1.82, 2.24) is 4.57 Å². The third-order valence-corrected chi connectivity index (χ3v) is 3.49.